The highest BCUT2D eigenvalue weighted by molar-refractivity contribution is 7.92. The zero-order valence-electron chi connectivity index (χ0n) is 27.4. The summed E-state index contributed by atoms with van der Waals surface area (Å²) in [4.78, 5) is 30.1. The molecule has 0 aromatic heterocycles. The van der Waals surface area contributed by atoms with Gasteiger partial charge in [-0.1, -0.05) is 71.8 Å². The van der Waals surface area contributed by atoms with Crippen molar-refractivity contribution in [2.75, 3.05) is 17.5 Å². The molecule has 4 aromatic rings. The Morgan fingerprint density at radius 1 is 0.872 bits per heavy atom. The molecule has 248 valence electrons. The van der Waals surface area contributed by atoms with E-state index in [9.17, 15) is 18.0 Å². The van der Waals surface area contributed by atoms with Crippen LogP contribution in [-0.4, -0.2) is 49.9 Å². The molecular weight excluding hydrogens is 634 g/mol. The summed E-state index contributed by atoms with van der Waals surface area (Å²) in [6.07, 6.45) is 0.211. The van der Waals surface area contributed by atoms with Gasteiger partial charge >= 0.3 is 0 Å². The molecule has 0 fully saturated rings. The molecule has 0 heterocycles. The molecule has 8 nitrogen and oxygen atoms in total. The fraction of sp³-hybridized carbons (Fsp3) is 0.297. The van der Waals surface area contributed by atoms with Crippen molar-refractivity contribution in [2.24, 2.45) is 0 Å². The molecule has 0 spiro atoms. The van der Waals surface area contributed by atoms with E-state index in [1.54, 1.807) is 54.6 Å². The SMILES string of the molecule is CCOc1ccc(N(CC(=O)N(Cc2cccc(Cl)c2)[C@H](Cc2ccccc2)C(=O)NC(C)(C)C)S(=O)(=O)c2ccc(C)cc2)cc1. The van der Waals surface area contributed by atoms with Crippen molar-refractivity contribution < 1.29 is 22.7 Å². The van der Waals surface area contributed by atoms with E-state index in [0.29, 0.717) is 22.9 Å². The number of sulfonamides is 1. The number of hydrogen-bond acceptors (Lipinski definition) is 5. The fourth-order valence-electron chi connectivity index (χ4n) is 5.08. The van der Waals surface area contributed by atoms with Crippen molar-refractivity contribution in [1.29, 1.82) is 0 Å². The van der Waals surface area contributed by atoms with Gasteiger partial charge in [0.2, 0.25) is 11.8 Å². The molecule has 0 aliphatic rings. The molecule has 0 saturated carbocycles. The molecule has 1 atom stereocenters. The summed E-state index contributed by atoms with van der Waals surface area (Å²) in [5, 5.41) is 3.51. The number of nitrogens with zero attached hydrogens (tertiary/aromatic N) is 2. The average molecular weight is 676 g/mol. The molecule has 4 aromatic carbocycles. The highest BCUT2D eigenvalue weighted by Crippen LogP contribution is 2.27. The van der Waals surface area contributed by atoms with Crippen molar-refractivity contribution in [3.05, 3.63) is 125 Å². The normalized spacial score (nSPS) is 12.2. The third-order valence-electron chi connectivity index (χ3n) is 7.33. The van der Waals surface area contributed by atoms with E-state index < -0.39 is 34.1 Å². The van der Waals surface area contributed by atoms with Crippen LogP contribution >= 0.6 is 11.6 Å². The predicted molar refractivity (Wildman–Crippen MR) is 187 cm³/mol. The maximum atomic E-state index is 14.6. The molecule has 0 radical (unpaired) electrons. The number of rotatable bonds is 13. The lowest BCUT2D eigenvalue weighted by Crippen LogP contribution is -2.56. The Hall–Kier alpha value is -4.34. The summed E-state index contributed by atoms with van der Waals surface area (Å²) in [5.41, 5.74) is 2.14. The lowest BCUT2D eigenvalue weighted by atomic mass is 10.0. The predicted octanol–water partition coefficient (Wildman–Crippen LogP) is 6.80. The molecule has 0 bridgehead atoms. The minimum absolute atomic E-state index is 0.0240. The van der Waals surface area contributed by atoms with Crippen LogP contribution in [0.2, 0.25) is 5.02 Å². The standard InChI is InChI=1S/C37H42ClN3O5S/c1-6-46-32-19-17-31(18-20-32)41(47(44,45)33-21-15-27(2)16-22-33)26-35(42)40(25-29-13-10-14-30(38)23-29)34(36(43)39-37(3,4)5)24-28-11-8-7-9-12-28/h7-23,34H,6,24-26H2,1-5H3,(H,39,43)/t34-/m1/s1. The van der Waals surface area contributed by atoms with Gasteiger partial charge < -0.3 is 15.0 Å². The summed E-state index contributed by atoms with van der Waals surface area (Å²) < 4.78 is 35.1. The molecule has 47 heavy (non-hydrogen) atoms. The van der Waals surface area contributed by atoms with Crippen LogP contribution in [0.25, 0.3) is 0 Å². The largest absolute Gasteiger partial charge is 0.494 e. The summed E-state index contributed by atoms with van der Waals surface area (Å²) in [5.74, 6) is -0.343. The monoisotopic (exact) mass is 675 g/mol. The van der Waals surface area contributed by atoms with Gasteiger partial charge in [0.05, 0.1) is 17.2 Å². The first-order valence-corrected chi connectivity index (χ1v) is 17.3. The quantitative estimate of drug-likeness (QED) is 0.168. The van der Waals surface area contributed by atoms with Crippen molar-refractivity contribution >= 4 is 39.1 Å². The van der Waals surface area contributed by atoms with Crippen molar-refractivity contribution in [2.45, 2.75) is 64.1 Å². The van der Waals surface area contributed by atoms with Crippen LogP contribution in [0.5, 0.6) is 5.75 Å². The van der Waals surface area contributed by atoms with E-state index in [4.69, 9.17) is 16.3 Å². The maximum absolute atomic E-state index is 14.6. The number of carbonyl (C=O) groups excluding carboxylic acids is 2. The number of aryl methyl sites for hydroxylation is 1. The number of halogens is 1. The van der Waals surface area contributed by atoms with Gasteiger partial charge in [-0.3, -0.25) is 13.9 Å². The average Bonchev–Trinajstić information content (AvgIpc) is 3.02. The smallest absolute Gasteiger partial charge is 0.264 e. The van der Waals surface area contributed by atoms with Crippen LogP contribution in [0.4, 0.5) is 5.69 Å². The molecule has 0 aliphatic heterocycles. The van der Waals surface area contributed by atoms with E-state index >= 15 is 0 Å². The number of anilines is 1. The number of benzene rings is 4. The van der Waals surface area contributed by atoms with Gasteiger partial charge in [0, 0.05) is 23.5 Å². The third kappa shape index (κ3) is 9.83. The topological polar surface area (TPSA) is 96.0 Å². The van der Waals surface area contributed by atoms with E-state index in [-0.39, 0.29) is 29.5 Å². The molecular formula is C37H42ClN3O5S. The second-order valence-electron chi connectivity index (χ2n) is 12.3. The number of nitrogens with one attached hydrogen (secondary N) is 1. The Labute approximate surface area is 283 Å². The van der Waals surface area contributed by atoms with Gasteiger partial charge in [-0.2, -0.15) is 0 Å². The first-order valence-electron chi connectivity index (χ1n) is 15.5. The molecule has 2 amide bonds. The number of hydrogen-bond donors (Lipinski definition) is 1. The Kier molecular flexibility index (Phi) is 11.7. The van der Waals surface area contributed by atoms with Gasteiger partial charge in [0.25, 0.3) is 10.0 Å². The van der Waals surface area contributed by atoms with E-state index in [1.165, 1.54) is 17.0 Å². The van der Waals surface area contributed by atoms with Crippen molar-refractivity contribution in [1.82, 2.24) is 10.2 Å². The molecule has 0 aliphatic carbocycles. The van der Waals surface area contributed by atoms with Gasteiger partial charge in [0.15, 0.2) is 0 Å². The molecule has 1 N–H and O–H groups in total. The summed E-state index contributed by atoms with van der Waals surface area (Å²) in [7, 11) is -4.21. The highest BCUT2D eigenvalue weighted by Gasteiger charge is 2.35. The van der Waals surface area contributed by atoms with Crippen LogP contribution in [0.1, 0.15) is 44.4 Å². The fourth-order valence-corrected chi connectivity index (χ4v) is 6.71. The van der Waals surface area contributed by atoms with Gasteiger partial charge in [-0.05, 0) is 94.3 Å². The zero-order chi connectivity index (χ0) is 34.2. The van der Waals surface area contributed by atoms with Crippen molar-refractivity contribution in [3.8, 4) is 5.75 Å². The molecule has 0 saturated heterocycles. The first kappa shape index (κ1) is 35.5. The Morgan fingerprint density at radius 2 is 1.51 bits per heavy atom. The minimum atomic E-state index is -4.21. The maximum Gasteiger partial charge on any atom is 0.264 e. The molecule has 4 rings (SSSR count). The summed E-state index contributed by atoms with van der Waals surface area (Å²) >= 11 is 6.32. The van der Waals surface area contributed by atoms with Crippen LogP contribution < -0.4 is 14.4 Å². The van der Waals surface area contributed by atoms with Crippen LogP contribution in [0, 0.1) is 6.92 Å². The van der Waals surface area contributed by atoms with Crippen LogP contribution in [0.15, 0.2) is 108 Å². The summed E-state index contributed by atoms with van der Waals surface area (Å²) in [6.45, 7) is 9.25. The Bertz CT molecular complexity index is 1760. The second-order valence-corrected chi connectivity index (χ2v) is 14.6. The van der Waals surface area contributed by atoms with Gasteiger partial charge in [-0.15, -0.1) is 0 Å². The Morgan fingerprint density at radius 3 is 2.11 bits per heavy atom. The second kappa shape index (κ2) is 15.5. The molecule has 10 heteroatoms. The van der Waals surface area contributed by atoms with Gasteiger partial charge in [-0.25, -0.2) is 8.42 Å². The lowest BCUT2D eigenvalue weighted by Gasteiger charge is -2.35. The first-order chi connectivity index (χ1) is 22.3. The number of carbonyl (C=O) groups is 2. The zero-order valence-corrected chi connectivity index (χ0v) is 29.0. The Balaban J connectivity index is 1.82. The van der Waals surface area contributed by atoms with E-state index in [2.05, 4.69) is 5.32 Å². The minimum Gasteiger partial charge on any atom is -0.494 e. The molecule has 0 unspecified atom stereocenters. The van der Waals surface area contributed by atoms with Crippen molar-refractivity contribution in [3.63, 3.8) is 0 Å². The number of amides is 2. The number of ether oxygens (including phenoxy) is 1. The summed E-state index contributed by atoms with van der Waals surface area (Å²) in [6, 6.07) is 28.5. The van der Waals surface area contributed by atoms with Crippen LogP contribution in [-0.2, 0) is 32.6 Å². The van der Waals surface area contributed by atoms with E-state index in [0.717, 1.165) is 15.4 Å². The van der Waals surface area contributed by atoms with Crippen LogP contribution in [0.3, 0.4) is 0 Å². The van der Waals surface area contributed by atoms with E-state index in [1.807, 2.05) is 71.0 Å². The lowest BCUT2D eigenvalue weighted by molar-refractivity contribution is -0.140. The highest BCUT2D eigenvalue weighted by atomic mass is 35.5. The van der Waals surface area contributed by atoms with Gasteiger partial charge in [0.1, 0.15) is 18.3 Å². The third-order valence-corrected chi connectivity index (χ3v) is 9.36.